The van der Waals surface area contributed by atoms with Crippen molar-refractivity contribution in [2.24, 2.45) is 0 Å². The maximum Gasteiger partial charge on any atom is 0.278 e. The Balaban J connectivity index is 1.29. The van der Waals surface area contributed by atoms with Gasteiger partial charge in [-0.3, -0.25) is 29.0 Å². The van der Waals surface area contributed by atoms with Crippen molar-refractivity contribution in [1.29, 1.82) is 0 Å². The molecule has 0 saturated carbocycles. The molecule has 0 radical (unpaired) electrons. The van der Waals surface area contributed by atoms with Gasteiger partial charge in [0.25, 0.3) is 17.7 Å². The van der Waals surface area contributed by atoms with E-state index >= 15 is 0 Å². The van der Waals surface area contributed by atoms with Gasteiger partial charge in [-0.15, -0.1) is 0 Å². The van der Waals surface area contributed by atoms with E-state index in [-0.39, 0.29) is 25.5 Å². The van der Waals surface area contributed by atoms with Crippen LogP contribution >= 0.6 is 27.5 Å². The molecule has 2 aromatic rings. The first kappa shape index (κ1) is 28.8. The molecule has 212 valence electrons. The minimum absolute atomic E-state index is 0.0718. The summed E-state index contributed by atoms with van der Waals surface area (Å²) in [6, 6.07) is 7.61. The second-order valence-electron chi connectivity index (χ2n) is 11.4. The first-order valence-corrected chi connectivity index (χ1v) is 18.7. The molecule has 0 spiro atoms. The highest BCUT2D eigenvalue weighted by molar-refractivity contribution is 9.10. The lowest BCUT2D eigenvalue weighted by Crippen LogP contribution is -2.57. The van der Waals surface area contributed by atoms with Crippen molar-refractivity contribution in [1.82, 2.24) is 24.1 Å². The first-order chi connectivity index (χ1) is 19.0. The van der Waals surface area contributed by atoms with Gasteiger partial charge < -0.3 is 9.64 Å². The molecule has 10 nitrogen and oxygen atoms in total. The molecule has 3 aliphatic heterocycles. The lowest BCUT2D eigenvalue weighted by Gasteiger charge is -2.34. The maximum absolute atomic E-state index is 13.7. The SMILES string of the molecule is C[Si](C)(C)CCOCN1C(=O)CCC(N2C(=O)C3=C(C2=O)N(Cc2nc(-c4cccc(Br)c4)ns2)CCC3)C1=O. The van der Waals surface area contributed by atoms with Gasteiger partial charge in [0.1, 0.15) is 23.5 Å². The minimum Gasteiger partial charge on any atom is -0.361 e. The summed E-state index contributed by atoms with van der Waals surface area (Å²) >= 11 is 4.73. The Kier molecular flexibility index (Phi) is 8.36. The predicted molar refractivity (Wildman–Crippen MR) is 155 cm³/mol. The molecule has 1 atom stereocenters. The summed E-state index contributed by atoms with van der Waals surface area (Å²) in [5.74, 6) is -1.22. The zero-order valence-corrected chi connectivity index (χ0v) is 26.2. The second-order valence-corrected chi connectivity index (χ2v) is 18.8. The van der Waals surface area contributed by atoms with Crippen molar-refractivity contribution >= 4 is 59.2 Å². The topological polar surface area (TPSA) is 113 Å². The van der Waals surface area contributed by atoms with Crippen LogP contribution in [0.25, 0.3) is 11.4 Å². The van der Waals surface area contributed by atoms with Crippen LogP contribution in [-0.2, 0) is 30.5 Å². The van der Waals surface area contributed by atoms with Gasteiger partial charge in [-0.05, 0) is 49.0 Å². The normalized spacial score (nSPS) is 20.2. The summed E-state index contributed by atoms with van der Waals surface area (Å²) in [5.41, 5.74) is 1.64. The first-order valence-electron chi connectivity index (χ1n) is 13.4. The molecule has 3 aliphatic rings. The summed E-state index contributed by atoms with van der Waals surface area (Å²) in [5, 5.41) is 0.725. The Morgan fingerprint density at radius 2 is 1.93 bits per heavy atom. The van der Waals surface area contributed by atoms with Gasteiger partial charge in [0.05, 0.1) is 6.54 Å². The quantitative estimate of drug-likeness (QED) is 0.228. The molecule has 1 fully saturated rings. The van der Waals surface area contributed by atoms with Gasteiger partial charge in [-0.2, -0.15) is 4.37 Å². The Morgan fingerprint density at radius 1 is 1.12 bits per heavy atom. The van der Waals surface area contributed by atoms with Gasteiger partial charge in [0, 0.05) is 43.3 Å². The molecule has 1 aromatic heterocycles. The Labute approximate surface area is 246 Å². The number of likely N-dealkylation sites (tertiary alicyclic amines) is 1. The number of hydrogen-bond acceptors (Lipinski definition) is 9. The van der Waals surface area contributed by atoms with Crippen molar-refractivity contribution in [2.45, 2.75) is 64.0 Å². The van der Waals surface area contributed by atoms with Crippen LogP contribution in [-0.4, -0.2) is 81.7 Å². The molecule has 0 aliphatic carbocycles. The number of amides is 4. The smallest absolute Gasteiger partial charge is 0.278 e. The highest BCUT2D eigenvalue weighted by atomic mass is 79.9. The van der Waals surface area contributed by atoms with Crippen LogP contribution in [0.15, 0.2) is 40.0 Å². The fourth-order valence-electron chi connectivity index (χ4n) is 5.09. The molecular formula is C27H32BrN5O5SSi. The van der Waals surface area contributed by atoms with Crippen molar-refractivity contribution in [3.63, 3.8) is 0 Å². The Hall–Kier alpha value is -2.74. The van der Waals surface area contributed by atoms with E-state index in [1.807, 2.05) is 29.2 Å². The number of imide groups is 2. The van der Waals surface area contributed by atoms with Crippen molar-refractivity contribution in [2.75, 3.05) is 19.9 Å². The van der Waals surface area contributed by atoms with Crippen molar-refractivity contribution < 1.29 is 23.9 Å². The van der Waals surface area contributed by atoms with Crippen LogP contribution in [0.1, 0.15) is 30.7 Å². The molecule has 40 heavy (non-hydrogen) atoms. The van der Waals surface area contributed by atoms with Crippen LogP contribution in [0.4, 0.5) is 0 Å². The van der Waals surface area contributed by atoms with Crippen molar-refractivity contribution in [3.05, 3.63) is 45.0 Å². The fraction of sp³-hybridized carbons (Fsp3) is 0.481. The number of aromatic nitrogens is 2. The molecular weight excluding hydrogens is 614 g/mol. The molecule has 4 amide bonds. The average molecular weight is 647 g/mol. The number of ether oxygens (including phenoxy) is 1. The Morgan fingerprint density at radius 3 is 2.67 bits per heavy atom. The number of benzene rings is 1. The van der Waals surface area contributed by atoms with E-state index in [1.165, 1.54) is 11.5 Å². The van der Waals surface area contributed by atoms with Gasteiger partial charge in [-0.1, -0.05) is 47.7 Å². The minimum atomic E-state index is -1.33. The third-order valence-electron chi connectivity index (χ3n) is 7.24. The van der Waals surface area contributed by atoms with Gasteiger partial charge in [0.2, 0.25) is 5.91 Å². The highest BCUT2D eigenvalue weighted by Crippen LogP contribution is 2.36. The van der Waals surface area contributed by atoms with Gasteiger partial charge >= 0.3 is 0 Å². The van der Waals surface area contributed by atoms with E-state index in [1.54, 1.807) is 0 Å². The van der Waals surface area contributed by atoms with E-state index in [2.05, 4.69) is 44.9 Å². The van der Waals surface area contributed by atoms with E-state index < -0.39 is 31.8 Å². The van der Waals surface area contributed by atoms with Gasteiger partial charge in [0.15, 0.2) is 5.82 Å². The number of rotatable bonds is 9. The molecule has 5 rings (SSSR count). The average Bonchev–Trinajstić information content (AvgIpc) is 3.46. The van der Waals surface area contributed by atoms with Crippen LogP contribution in [0.5, 0.6) is 0 Å². The standard InChI is InChI=1S/C27H32BrN5O5SSi/c1-40(2,3)13-12-38-16-32-22(34)10-9-20(26(32)36)33-25(35)19-8-5-11-31(23(19)27(33)37)15-21-29-24(30-39-21)17-6-4-7-18(28)14-17/h4,6-7,14,20H,5,8-13,15-16H2,1-3H3. The zero-order chi connectivity index (χ0) is 28.6. The maximum atomic E-state index is 13.7. The number of hydrogen-bond donors (Lipinski definition) is 0. The lowest BCUT2D eigenvalue weighted by molar-refractivity contribution is -0.164. The van der Waals surface area contributed by atoms with E-state index in [4.69, 9.17) is 4.74 Å². The van der Waals surface area contributed by atoms with Crippen LogP contribution in [0, 0.1) is 0 Å². The van der Waals surface area contributed by atoms with E-state index in [0.29, 0.717) is 49.6 Å². The molecule has 1 unspecified atom stereocenters. The summed E-state index contributed by atoms with van der Waals surface area (Å²) < 4.78 is 11.1. The molecule has 0 bridgehead atoms. The lowest BCUT2D eigenvalue weighted by atomic mass is 10.0. The number of nitrogens with zero attached hydrogens (tertiary/aromatic N) is 5. The number of halogens is 1. The van der Waals surface area contributed by atoms with Crippen LogP contribution < -0.4 is 0 Å². The molecule has 4 heterocycles. The predicted octanol–water partition coefficient (Wildman–Crippen LogP) is 4.02. The van der Waals surface area contributed by atoms with E-state index in [9.17, 15) is 19.2 Å². The number of carbonyl (C=O) groups excluding carboxylic acids is 4. The summed E-state index contributed by atoms with van der Waals surface area (Å²) in [6.07, 6.45) is 1.36. The zero-order valence-electron chi connectivity index (χ0n) is 22.8. The summed E-state index contributed by atoms with van der Waals surface area (Å²) in [6.45, 7) is 7.89. The third-order valence-corrected chi connectivity index (χ3v) is 10.1. The third kappa shape index (κ3) is 5.97. The van der Waals surface area contributed by atoms with E-state index in [0.717, 1.165) is 30.9 Å². The van der Waals surface area contributed by atoms with Gasteiger partial charge in [-0.25, -0.2) is 4.98 Å². The number of piperidine rings is 1. The molecule has 1 saturated heterocycles. The number of carbonyl (C=O) groups is 4. The summed E-state index contributed by atoms with van der Waals surface area (Å²) in [4.78, 5) is 61.8. The second kappa shape index (κ2) is 11.6. The highest BCUT2D eigenvalue weighted by Gasteiger charge is 2.50. The summed E-state index contributed by atoms with van der Waals surface area (Å²) in [7, 11) is -1.33. The van der Waals surface area contributed by atoms with Crippen LogP contribution in [0.2, 0.25) is 25.7 Å². The largest absolute Gasteiger partial charge is 0.361 e. The van der Waals surface area contributed by atoms with Crippen molar-refractivity contribution in [3.8, 4) is 11.4 Å². The monoisotopic (exact) mass is 645 g/mol. The Bertz CT molecular complexity index is 1390. The fourth-order valence-corrected chi connectivity index (χ4v) is 6.93. The molecule has 13 heteroatoms. The van der Waals surface area contributed by atoms with Crippen LogP contribution in [0.3, 0.4) is 0 Å². The molecule has 0 N–H and O–H groups in total. The molecule has 1 aromatic carbocycles.